The Bertz CT molecular complexity index is 192. The molecule has 13 heavy (non-hydrogen) atoms. The van der Waals surface area contributed by atoms with Crippen molar-refractivity contribution in [1.82, 2.24) is 0 Å². The first-order valence-corrected chi connectivity index (χ1v) is 8.47. The minimum Gasteiger partial charge on any atom is -0.284 e. The monoisotopic (exact) mass is 542 g/mol. The first-order chi connectivity index (χ1) is 6.00. The number of hydrogen-bond donors (Lipinski definition) is 1. The molecule has 0 amide bonds. The van der Waals surface area contributed by atoms with Gasteiger partial charge in [0.25, 0.3) is 0 Å². The highest BCUT2D eigenvalue weighted by molar-refractivity contribution is 14.1. The Labute approximate surface area is 121 Å². The van der Waals surface area contributed by atoms with E-state index in [0.717, 1.165) is 12.8 Å². The lowest BCUT2D eigenvalue weighted by molar-refractivity contribution is 0.185. The van der Waals surface area contributed by atoms with Crippen molar-refractivity contribution in [2.45, 2.75) is 30.7 Å². The zero-order valence-corrected chi connectivity index (χ0v) is 13.8. The predicted octanol–water partition coefficient (Wildman–Crippen LogP) is 2.71. The van der Waals surface area contributed by atoms with E-state index < -0.39 is 11.4 Å². The van der Waals surface area contributed by atoms with Gasteiger partial charge in [-0.25, -0.2) is 0 Å². The summed E-state index contributed by atoms with van der Waals surface area (Å²) in [6.45, 7) is 0. The van der Waals surface area contributed by atoms with E-state index in [-0.39, 0.29) is 6.10 Å². The summed E-state index contributed by atoms with van der Waals surface area (Å²) in [7, 11) is 0. The first-order valence-electron chi connectivity index (χ1n) is 3.71. The third-order valence-electron chi connectivity index (χ3n) is 1.87. The summed E-state index contributed by atoms with van der Waals surface area (Å²) < 4.78 is 25.5. The predicted molar refractivity (Wildman–Crippen MR) is 78.3 cm³/mol. The molecule has 0 bridgehead atoms. The molecule has 0 heterocycles. The van der Waals surface area contributed by atoms with E-state index >= 15 is 0 Å². The van der Waals surface area contributed by atoms with E-state index in [9.17, 15) is 4.21 Å². The zero-order valence-electron chi connectivity index (χ0n) is 6.53. The molecule has 1 fully saturated rings. The van der Waals surface area contributed by atoms with Gasteiger partial charge in [0.05, 0.1) is 0 Å². The fourth-order valence-electron chi connectivity index (χ4n) is 1.30. The van der Waals surface area contributed by atoms with Crippen molar-refractivity contribution < 1.29 is 12.9 Å². The molecular formula is C6H9I3O3S. The van der Waals surface area contributed by atoms with Crippen molar-refractivity contribution >= 4 is 79.1 Å². The smallest absolute Gasteiger partial charge is 0.284 e. The van der Waals surface area contributed by atoms with Crippen molar-refractivity contribution in [2.24, 2.45) is 0 Å². The van der Waals surface area contributed by atoms with E-state index in [1.165, 1.54) is 0 Å². The molecule has 1 aliphatic carbocycles. The Balaban J connectivity index is 2.56. The fraction of sp³-hybridized carbons (Fsp3) is 1.00. The standard InChI is InChI=1S/C6H9I3O3S/c7-3-1-4(8)6(5(9)2-3)12-13(10)11/h3-6H,1-2H2,(H,10,11). The van der Waals surface area contributed by atoms with E-state index in [4.69, 9.17) is 8.74 Å². The molecule has 3 unspecified atom stereocenters. The second kappa shape index (κ2) is 6.11. The Morgan fingerprint density at radius 1 is 1.23 bits per heavy atom. The number of halogens is 3. The summed E-state index contributed by atoms with van der Waals surface area (Å²) >= 11 is 4.90. The van der Waals surface area contributed by atoms with Gasteiger partial charge in [0.1, 0.15) is 6.10 Å². The van der Waals surface area contributed by atoms with Crippen molar-refractivity contribution in [3.63, 3.8) is 0 Å². The highest BCUT2D eigenvalue weighted by atomic mass is 127. The molecule has 1 rings (SSSR count). The molecule has 1 N–H and O–H groups in total. The van der Waals surface area contributed by atoms with E-state index in [1.54, 1.807) is 0 Å². The van der Waals surface area contributed by atoms with Crippen LogP contribution in [-0.2, 0) is 15.5 Å². The minimum absolute atomic E-state index is 0.0851. The Morgan fingerprint density at radius 2 is 1.69 bits per heavy atom. The lowest BCUT2D eigenvalue weighted by Crippen LogP contribution is -2.40. The van der Waals surface area contributed by atoms with Gasteiger partial charge in [-0.05, 0) is 12.8 Å². The molecule has 1 saturated carbocycles. The van der Waals surface area contributed by atoms with Gasteiger partial charge in [0, 0.05) is 11.8 Å². The number of alkyl halides is 3. The molecule has 0 aromatic carbocycles. The summed E-state index contributed by atoms with van der Waals surface area (Å²) in [5.41, 5.74) is 0. The summed E-state index contributed by atoms with van der Waals surface area (Å²) in [5, 5.41) is 0. The van der Waals surface area contributed by atoms with Crippen LogP contribution in [-0.4, -0.2) is 26.6 Å². The molecule has 0 radical (unpaired) electrons. The van der Waals surface area contributed by atoms with Gasteiger partial charge in [0.2, 0.25) is 0 Å². The fourth-order valence-corrected chi connectivity index (χ4v) is 8.51. The topological polar surface area (TPSA) is 46.5 Å². The SMILES string of the molecule is O=S(O)OC1C(I)CC(I)CC1I. The summed E-state index contributed by atoms with van der Waals surface area (Å²) in [6.07, 6.45) is 2.03. The second-order valence-electron chi connectivity index (χ2n) is 2.88. The van der Waals surface area contributed by atoms with Crippen LogP contribution in [0.2, 0.25) is 0 Å². The summed E-state index contributed by atoms with van der Waals surface area (Å²) in [5.74, 6) is 0. The Hall–Kier alpha value is 2.26. The van der Waals surface area contributed by atoms with E-state index in [1.807, 2.05) is 0 Å². The number of rotatable bonds is 2. The number of hydrogen-bond acceptors (Lipinski definition) is 2. The molecular weight excluding hydrogens is 533 g/mol. The lowest BCUT2D eigenvalue weighted by Gasteiger charge is -2.33. The molecule has 0 saturated heterocycles. The largest absolute Gasteiger partial charge is 0.302 e. The van der Waals surface area contributed by atoms with Crippen LogP contribution in [0.25, 0.3) is 0 Å². The third kappa shape index (κ3) is 4.33. The van der Waals surface area contributed by atoms with Crippen LogP contribution in [0, 0.1) is 0 Å². The van der Waals surface area contributed by atoms with Gasteiger partial charge in [-0.15, -0.1) is 0 Å². The van der Waals surface area contributed by atoms with Gasteiger partial charge in [-0.2, -0.15) is 4.21 Å². The molecule has 0 aliphatic heterocycles. The van der Waals surface area contributed by atoms with Crippen LogP contribution in [0.5, 0.6) is 0 Å². The molecule has 7 heteroatoms. The van der Waals surface area contributed by atoms with E-state index in [2.05, 4.69) is 67.8 Å². The van der Waals surface area contributed by atoms with E-state index in [0.29, 0.717) is 11.8 Å². The maximum absolute atomic E-state index is 10.5. The van der Waals surface area contributed by atoms with Crippen LogP contribution in [0.4, 0.5) is 0 Å². The van der Waals surface area contributed by atoms with Crippen LogP contribution in [0.15, 0.2) is 0 Å². The van der Waals surface area contributed by atoms with Crippen LogP contribution >= 0.6 is 67.8 Å². The van der Waals surface area contributed by atoms with Gasteiger partial charge in [-0.3, -0.25) is 8.74 Å². The van der Waals surface area contributed by atoms with Crippen molar-refractivity contribution in [1.29, 1.82) is 0 Å². The van der Waals surface area contributed by atoms with Crippen molar-refractivity contribution in [3.8, 4) is 0 Å². The lowest BCUT2D eigenvalue weighted by atomic mass is 9.98. The molecule has 3 atom stereocenters. The maximum Gasteiger partial charge on any atom is 0.302 e. The molecule has 78 valence electrons. The average molecular weight is 542 g/mol. The highest BCUT2D eigenvalue weighted by Crippen LogP contribution is 2.36. The molecule has 3 nitrogen and oxygen atoms in total. The van der Waals surface area contributed by atoms with Crippen LogP contribution in [0.1, 0.15) is 12.8 Å². The quantitative estimate of drug-likeness (QED) is 0.332. The first kappa shape index (κ1) is 13.3. The molecule has 0 aromatic heterocycles. The third-order valence-corrected chi connectivity index (χ3v) is 5.71. The minimum atomic E-state index is -2.13. The van der Waals surface area contributed by atoms with Gasteiger partial charge < -0.3 is 0 Å². The molecule has 1 aliphatic rings. The summed E-state index contributed by atoms with van der Waals surface area (Å²) in [6, 6.07) is 0. The van der Waals surface area contributed by atoms with Crippen molar-refractivity contribution in [3.05, 3.63) is 0 Å². The molecule has 0 aromatic rings. The molecule has 0 spiro atoms. The second-order valence-corrected chi connectivity index (χ2v) is 8.47. The van der Waals surface area contributed by atoms with Crippen molar-refractivity contribution in [2.75, 3.05) is 0 Å². The average Bonchev–Trinajstić information content (AvgIpc) is 1.96. The van der Waals surface area contributed by atoms with Gasteiger partial charge in [0.15, 0.2) is 0 Å². The van der Waals surface area contributed by atoms with Crippen LogP contribution in [0.3, 0.4) is 0 Å². The summed E-state index contributed by atoms with van der Waals surface area (Å²) in [4.78, 5) is 0. The zero-order chi connectivity index (χ0) is 10.0. The Morgan fingerprint density at radius 3 is 2.08 bits per heavy atom. The van der Waals surface area contributed by atoms with Gasteiger partial charge in [-0.1, -0.05) is 67.8 Å². The highest BCUT2D eigenvalue weighted by Gasteiger charge is 2.36. The Kier molecular flexibility index (Phi) is 6.26. The maximum atomic E-state index is 10.5. The van der Waals surface area contributed by atoms with Gasteiger partial charge >= 0.3 is 11.4 Å². The normalized spacial score (nSPS) is 43.1. The van der Waals surface area contributed by atoms with Crippen LogP contribution < -0.4 is 0 Å².